The number of rotatable bonds is 1. The summed E-state index contributed by atoms with van der Waals surface area (Å²) in [5, 5.41) is 0. The average Bonchev–Trinajstić information content (AvgIpc) is 2.18. The average molecular weight is 184 g/mol. The number of anilines is 1. The van der Waals surface area contributed by atoms with E-state index in [4.69, 9.17) is 5.73 Å². The molecule has 1 heterocycles. The third-order valence-electron chi connectivity index (χ3n) is 2.09. The number of nitrogens with zero attached hydrogens (tertiary/aromatic N) is 1. The molecule has 0 saturated heterocycles. The van der Waals surface area contributed by atoms with Gasteiger partial charge in [0.15, 0.2) is 0 Å². The summed E-state index contributed by atoms with van der Waals surface area (Å²) in [5.74, 6) is 0. The van der Waals surface area contributed by atoms with Crippen molar-refractivity contribution < 1.29 is 0 Å². The van der Waals surface area contributed by atoms with Gasteiger partial charge in [0.1, 0.15) is 0 Å². The molecule has 0 aliphatic carbocycles. The maximum atomic E-state index is 5.78. The van der Waals surface area contributed by atoms with Gasteiger partial charge in [-0.3, -0.25) is 4.98 Å². The number of nitrogens with two attached hydrogens (primary N) is 1. The Balaban J connectivity index is 2.52. The molecule has 0 bridgehead atoms. The van der Waals surface area contributed by atoms with E-state index in [-0.39, 0.29) is 0 Å². The van der Waals surface area contributed by atoms with Crippen LogP contribution in [0.15, 0.2) is 42.7 Å². The van der Waals surface area contributed by atoms with Gasteiger partial charge in [0.25, 0.3) is 0 Å². The Hall–Kier alpha value is -1.83. The lowest BCUT2D eigenvalue weighted by atomic mass is 10.0. The topological polar surface area (TPSA) is 38.9 Å². The first-order valence-corrected chi connectivity index (χ1v) is 4.53. The van der Waals surface area contributed by atoms with Gasteiger partial charge in [-0.1, -0.05) is 12.1 Å². The van der Waals surface area contributed by atoms with Crippen molar-refractivity contribution in [3.63, 3.8) is 0 Å². The van der Waals surface area contributed by atoms with Gasteiger partial charge in [-0.2, -0.15) is 0 Å². The Morgan fingerprint density at radius 2 is 2.00 bits per heavy atom. The fourth-order valence-electron chi connectivity index (χ4n) is 1.51. The summed E-state index contributed by atoms with van der Waals surface area (Å²) in [6.07, 6.45) is 3.61. The molecule has 0 unspecified atom stereocenters. The second-order valence-corrected chi connectivity index (χ2v) is 3.37. The van der Waals surface area contributed by atoms with E-state index in [1.54, 1.807) is 6.20 Å². The van der Waals surface area contributed by atoms with Gasteiger partial charge in [-0.25, -0.2) is 0 Å². The predicted octanol–water partition coefficient (Wildman–Crippen LogP) is 2.64. The minimum Gasteiger partial charge on any atom is -0.399 e. The lowest BCUT2D eigenvalue weighted by molar-refractivity contribution is 1.33. The van der Waals surface area contributed by atoms with Crippen molar-refractivity contribution in [1.82, 2.24) is 4.98 Å². The van der Waals surface area contributed by atoms with E-state index in [1.165, 1.54) is 5.56 Å². The first-order chi connectivity index (χ1) is 6.75. The lowest BCUT2D eigenvalue weighted by Crippen LogP contribution is -1.88. The Kier molecular flexibility index (Phi) is 2.19. The summed E-state index contributed by atoms with van der Waals surface area (Å²) in [7, 11) is 0. The van der Waals surface area contributed by atoms with Gasteiger partial charge in [0.2, 0.25) is 0 Å². The standard InChI is InChI=1S/C12H12N2/c1-9-5-11(7-12(13)6-9)10-3-2-4-14-8-10/h2-8H,13H2,1H3. The second-order valence-electron chi connectivity index (χ2n) is 3.37. The van der Waals surface area contributed by atoms with Gasteiger partial charge in [0, 0.05) is 23.6 Å². The highest BCUT2D eigenvalue weighted by atomic mass is 14.6. The Labute approximate surface area is 83.4 Å². The van der Waals surface area contributed by atoms with E-state index in [0.29, 0.717) is 0 Å². The minimum absolute atomic E-state index is 0.795. The molecule has 0 aliphatic heterocycles. The molecule has 2 aromatic rings. The third-order valence-corrected chi connectivity index (χ3v) is 2.09. The van der Waals surface area contributed by atoms with Crippen LogP contribution < -0.4 is 5.73 Å². The zero-order chi connectivity index (χ0) is 9.97. The third kappa shape index (κ3) is 1.74. The number of aryl methyl sites for hydroxylation is 1. The highest BCUT2D eigenvalue weighted by molar-refractivity contribution is 5.67. The Morgan fingerprint density at radius 3 is 2.64 bits per heavy atom. The summed E-state index contributed by atoms with van der Waals surface area (Å²) in [6, 6.07) is 9.98. The van der Waals surface area contributed by atoms with Gasteiger partial charge in [0.05, 0.1) is 0 Å². The van der Waals surface area contributed by atoms with Crippen molar-refractivity contribution in [2.75, 3.05) is 5.73 Å². The van der Waals surface area contributed by atoms with Crippen LogP contribution in [0, 0.1) is 6.92 Å². The van der Waals surface area contributed by atoms with E-state index in [0.717, 1.165) is 16.8 Å². The molecule has 0 fully saturated rings. The normalized spacial score (nSPS) is 10.1. The van der Waals surface area contributed by atoms with Crippen molar-refractivity contribution in [1.29, 1.82) is 0 Å². The molecule has 2 rings (SSSR count). The monoisotopic (exact) mass is 184 g/mol. The van der Waals surface area contributed by atoms with Crippen LogP contribution in [0.4, 0.5) is 5.69 Å². The number of nitrogen functional groups attached to an aromatic ring is 1. The number of benzene rings is 1. The summed E-state index contributed by atoms with van der Waals surface area (Å²) in [6.45, 7) is 2.04. The van der Waals surface area contributed by atoms with Crippen LogP contribution in [0.25, 0.3) is 11.1 Å². The van der Waals surface area contributed by atoms with Crippen LogP contribution in [0.3, 0.4) is 0 Å². The zero-order valence-corrected chi connectivity index (χ0v) is 8.07. The van der Waals surface area contributed by atoms with E-state index in [9.17, 15) is 0 Å². The first-order valence-electron chi connectivity index (χ1n) is 4.53. The molecule has 0 atom stereocenters. The Morgan fingerprint density at radius 1 is 1.14 bits per heavy atom. The Bertz CT molecular complexity index is 415. The summed E-state index contributed by atoms with van der Waals surface area (Å²) < 4.78 is 0. The molecule has 0 radical (unpaired) electrons. The fourth-order valence-corrected chi connectivity index (χ4v) is 1.51. The van der Waals surface area contributed by atoms with Gasteiger partial charge in [-0.15, -0.1) is 0 Å². The maximum Gasteiger partial charge on any atom is 0.0346 e. The van der Waals surface area contributed by atoms with Crippen molar-refractivity contribution in [3.8, 4) is 11.1 Å². The molecule has 0 spiro atoms. The largest absolute Gasteiger partial charge is 0.399 e. The van der Waals surface area contributed by atoms with Gasteiger partial charge >= 0.3 is 0 Å². The van der Waals surface area contributed by atoms with Gasteiger partial charge in [-0.05, 0) is 36.2 Å². The highest BCUT2D eigenvalue weighted by Crippen LogP contribution is 2.22. The summed E-state index contributed by atoms with van der Waals surface area (Å²) in [5.41, 5.74) is 9.96. The molecule has 0 aliphatic rings. The summed E-state index contributed by atoms with van der Waals surface area (Å²) >= 11 is 0. The smallest absolute Gasteiger partial charge is 0.0346 e. The van der Waals surface area contributed by atoms with Crippen LogP contribution in [0.1, 0.15) is 5.56 Å². The molecular formula is C12H12N2. The molecule has 70 valence electrons. The molecule has 0 saturated carbocycles. The molecule has 2 heteroatoms. The predicted molar refractivity (Wildman–Crippen MR) is 58.8 cm³/mol. The van der Waals surface area contributed by atoms with Crippen molar-refractivity contribution in [2.24, 2.45) is 0 Å². The van der Waals surface area contributed by atoms with Crippen molar-refractivity contribution >= 4 is 5.69 Å². The van der Waals surface area contributed by atoms with E-state index in [2.05, 4.69) is 11.1 Å². The molecule has 14 heavy (non-hydrogen) atoms. The van der Waals surface area contributed by atoms with Crippen LogP contribution >= 0.6 is 0 Å². The number of hydrogen-bond acceptors (Lipinski definition) is 2. The molecule has 2 N–H and O–H groups in total. The lowest BCUT2D eigenvalue weighted by Gasteiger charge is -2.03. The SMILES string of the molecule is Cc1cc(N)cc(-c2cccnc2)c1. The molecule has 1 aromatic carbocycles. The van der Waals surface area contributed by atoms with Gasteiger partial charge < -0.3 is 5.73 Å². The molecule has 2 nitrogen and oxygen atoms in total. The van der Waals surface area contributed by atoms with Crippen LogP contribution in [-0.4, -0.2) is 4.98 Å². The number of hydrogen-bond donors (Lipinski definition) is 1. The number of aromatic nitrogens is 1. The first kappa shape index (κ1) is 8.75. The van der Waals surface area contributed by atoms with E-state index >= 15 is 0 Å². The molecule has 1 aromatic heterocycles. The highest BCUT2D eigenvalue weighted by Gasteiger charge is 1.98. The zero-order valence-electron chi connectivity index (χ0n) is 8.07. The van der Waals surface area contributed by atoms with Crippen LogP contribution in [-0.2, 0) is 0 Å². The summed E-state index contributed by atoms with van der Waals surface area (Å²) in [4.78, 5) is 4.08. The van der Waals surface area contributed by atoms with Crippen molar-refractivity contribution in [3.05, 3.63) is 48.3 Å². The van der Waals surface area contributed by atoms with E-state index in [1.807, 2.05) is 37.4 Å². The quantitative estimate of drug-likeness (QED) is 0.692. The fraction of sp³-hybridized carbons (Fsp3) is 0.0833. The van der Waals surface area contributed by atoms with Crippen LogP contribution in [0.2, 0.25) is 0 Å². The van der Waals surface area contributed by atoms with Crippen molar-refractivity contribution in [2.45, 2.75) is 6.92 Å². The number of pyridine rings is 1. The second kappa shape index (κ2) is 3.50. The maximum absolute atomic E-state index is 5.78. The molecular weight excluding hydrogens is 172 g/mol. The molecule has 0 amide bonds. The van der Waals surface area contributed by atoms with Crippen LogP contribution in [0.5, 0.6) is 0 Å². The van der Waals surface area contributed by atoms with E-state index < -0.39 is 0 Å². The minimum atomic E-state index is 0.795.